The molecule has 1 N–H and O–H groups in total. The van der Waals surface area contributed by atoms with Gasteiger partial charge < -0.3 is 9.72 Å². The number of ether oxygens (including phenoxy) is 1. The first-order chi connectivity index (χ1) is 9.52. The highest BCUT2D eigenvalue weighted by Crippen LogP contribution is 2.13. The molecule has 20 heavy (non-hydrogen) atoms. The molecule has 0 fully saturated rings. The molecule has 0 saturated carbocycles. The second-order valence-corrected chi connectivity index (χ2v) is 3.42. The molecule has 0 spiro atoms. The summed E-state index contributed by atoms with van der Waals surface area (Å²) in [7, 11) is 0. The number of nitrogens with zero attached hydrogens (tertiary/aromatic N) is 1. The van der Waals surface area contributed by atoms with E-state index in [1.807, 2.05) is 13.8 Å². The normalized spacial score (nSPS) is 9.85. The molecule has 0 atom stereocenters. The number of H-pyrrole nitrogens is 1. The van der Waals surface area contributed by atoms with Crippen LogP contribution >= 0.6 is 0 Å². The van der Waals surface area contributed by atoms with E-state index in [0.717, 1.165) is 12.1 Å². The third-order valence-electron chi connectivity index (χ3n) is 2.22. The number of esters is 1. The maximum absolute atomic E-state index is 13.0. The van der Waals surface area contributed by atoms with Crippen LogP contribution in [0.3, 0.4) is 0 Å². The predicted molar refractivity (Wildman–Crippen MR) is 69.6 cm³/mol. The number of aromatic nitrogens is 2. The minimum absolute atomic E-state index is 0.109. The van der Waals surface area contributed by atoms with Gasteiger partial charge in [-0.1, -0.05) is 13.8 Å². The molecule has 0 aliphatic rings. The largest absolute Gasteiger partial charge is 0.460 e. The Morgan fingerprint density at radius 2 is 1.90 bits per heavy atom. The molecule has 0 aliphatic carbocycles. The Labute approximate surface area is 113 Å². The number of nitrogens with one attached hydrogen (secondary N) is 1. The van der Waals surface area contributed by atoms with Crippen molar-refractivity contribution >= 4 is 16.9 Å². The van der Waals surface area contributed by atoms with Crippen molar-refractivity contribution in [1.29, 1.82) is 0 Å². The van der Waals surface area contributed by atoms with Gasteiger partial charge in [0.2, 0.25) is 5.82 Å². The zero-order valence-corrected chi connectivity index (χ0v) is 11.3. The minimum Gasteiger partial charge on any atom is -0.460 e. The van der Waals surface area contributed by atoms with Gasteiger partial charge in [-0.05, 0) is 13.0 Å². The lowest BCUT2D eigenvalue weighted by molar-refractivity contribution is 0.0512. The molecule has 0 radical (unpaired) electrons. The quantitative estimate of drug-likeness (QED) is 0.859. The third-order valence-corrected chi connectivity index (χ3v) is 2.22. The molecule has 108 valence electrons. The fourth-order valence-electron chi connectivity index (χ4n) is 1.43. The van der Waals surface area contributed by atoms with Gasteiger partial charge in [0.25, 0.3) is 5.56 Å². The molecule has 0 unspecified atom stereocenters. The first-order valence-corrected chi connectivity index (χ1v) is 6.09. The van der Waals surface area contributed by atoms with Crippen molar-refractivity contribution in [2.24, 2.45) is 0 Å². The van der Waals surface area contributed by atoms with Gasteiger partial charge in [0, 0.05) is 6.07 Å². The zero-order valence-electron chi connectivity index (χ0n) is 11.3. The Morgan fingerprint density at radius 3 is 2.50 bits per heavy atom. The Balaban J connectivity index is 0.000000956. The van der Waals surface area contributed by atoms with Crippen LogP contribution in [0, 0.1) is 11.6 Å². The Bertz CT molecular complexity index is 683. The van der Waals surface area contributed by atoms with Crippen molar-refractivity contribution in [2.75, 3.05) is 6.61 Å². The number of benzene rings is 1. The molecule has 5 nitrogen and oxygen atoms in total. The summed E-state index contributed by atoms with van der Waals surface area (Å²) in [6.07, 6.45) is 0. The van der Waals surface area contributed by atoms with Crippen LogP contribution in [0.4, 0.5) is 8.78 Å². The number of hydrogen-bond donors (Lipinski definition) is 1. The molecule has 0 bridgehead atoms. The van der Waals surface area contributed by atoms with Gasteiger partial charge in [0.1, 0.15) is 0 Å². The molecule has 1 aromatic heterocycles. The van der Waals surface area contributed by atoms with Gasteiger partial charge in [0.15, 0.2) is 11.6 Å². The smallest absolute Gasteiger partial charge is 0.374 e. The number of carbonyl (C=O) groups is 1. The average molecular weight is 284 g/mol. The van der Waals surface area contributed by atoms with E-state index in [2.05, 4.69) is 14.7 Å². The highest BCUT2D eigenvalue weighted by molar-refractivity contribution is 5.88. The van der Waals surface area contributed by atoms with Gasteiger partial charge in [-0.2, -0.15) is 0 Å². The summed E-state index contributed by atoms with van der Waals surface area (Å²) < 4.78 is 30.6. The van der Waals surface area contributed by atoms with Gasteiger partial charge in [-0.25, -0.2) is 18.6 Å². The fourth-order valence-corrected chi connectivity index (χ4v) is 1.43. The van der Waals surface area contributed by atoms with E-state index in [9.17, 15) is 18.4 Å². The van der Waals surface area contributed by atoms with Crippen LogP contribution in [0.5, 0.6) is 0 Å². The van der Waals surface area contributed by atoms with Crippen LogP contribution in [-0.2, 0) is 4.74 Å². The van der Waals surface area contributed by atoms with Crippen LogP contribution in [0.1, 0.15) is 31.4 Å². The number of hydrogen-bond acceptors (Lipinski definition) is 4. The van der Waals surface area contributed by atoms with Crippen molar-refractivity contribution in [2.45, 2.75) is 20.8 Å². The minimum atomic E-state index is -1.15. The summed E-state index contributed by atoms with van der Waals surface area (Å²) in [5, 5.41) is -0.137. The molecule has 0 amide bonds. The number of carbonyl (C=O) groups excluding carboxylic acids is 1. The van der Waals surface area contributed by atoms with Crippen LogP contribution < -0.4 is 5.56 Å². The summed E-state index contributed by atoms with van der Waals surface area (Å²) >= 11 is 0. The second-order valence-electron chi connectivity index (χ2n) is 3.42. The van der Waals surface area contributed by atoms with E-state index < -0.39 is 23.2 Å². The topological polar surface area (TPSA) is 72.0 Å². The molecular weight excluding hydrogens is 270 g/mol. The van der Waals surface area contributed by atoms with Crippen molar-refractivity contribution < 1.29 is 18.3 Å². The summed E-state index contributed by atoms with van der Waals surface area (Å²) in [5.41, 5.74) is -0.845. The summed E-state index contributed by atoms with van der Waals surface area (Å²) in [6.45, 7) is 5.70. The fraction of sp³-hybridized carbons (Fsp3) is 0.308. The van der Waals surface area contributed by atoms with Crippen molar-refractivity contribution in [1.82, 2.24) is 9.97 Å². The summed E-state index contributed by atoms with van der Waals surface area (Å²) in [6, 6.07) is 1.48. The lowest BCUT2D eigenvalue weighted by Crippen LogP contribution is -2.18. The molecule has 7 heteroatoms. The predicted octanol–water partition coefficient (Wildman–Crippen LogP) is 2.40. The van der Waals surface area contributed by atoms with E-state index in [1.54, 1.807) is 6.92 Å². The highest BCUT2D eigenvalue weighted by Gasteiger charge is 2.14. The molecule has 0 saturated heterocycles. The second kappa shape index (κ2) is 6.74. The van der Waals surface area contributed by atoms with Crippen LogP contribution in [0.2, 0.25) is 0 Å². The lowest BCUT2D eigenvalue weighted by Gasteiger charge is -2.03. The monoisotopic (exact) mass is 284 g/mol. The molecule has 0 aliphatic heterocycles. The summed E-state index contributed by atoms with van der Waals surface area (Å²) in [5.74, 6) is -3.48. The maximum Gasteiger partial charge on any atom is 0.374 e. The zero-order chi connectivity index (χ0) is 15.3. The Hall–Kier alpha value is -2.31. The van der Waals surface area contributed by atoms with E-state index in [1.165, 1.54) is 0 Å². The number of fused-ring (bicyclic) bond motifs is 1. The van der Waals surface area contributed by atoms with E-state index >= 15 is 0 Å². The number of halogens is 2. The van der Waals surface area contributed by atoms with E-state index in [4.69, 9.17) is 0 Å². The Morgan fingerprint density at radius 1 is 1.30 bits per heavy atom. The average Bonchev–Trinajstić information content (AvgIpc) is 2.43. The standard InChI is InChI=1S/C11H8F2N2O3.C2H6/c1-2-18-11(17)9-14-8-4-7(13)6(12)3-5(8)10(16)15-9;1-2/h3-4H,2H2,1H3,(H,14,15,16);1-2H3. The highest BCUT2D eigenvalue weighted by atomic mass is 19.2. The third kappa shape index (κ3) is 3.17. The summed E-state index contributed by atoms with van der Waals surface area (Å²) in [4.78, 5) is 28.8. The molecule has 2 aromatic rings. The van der Waals surface area contributed by atoms with Crippen LogP contribution in [0.25, 0.3) is 10.9 Å². The molecule has 1 aromatic carbocycles. The van der Waals surface area contributed by atoms with Crippen molar-refractivity contribution in [3.63, 3.8) is 0 Å². The van der Waals surface area contributed by atoms with E-state index in [0.29, 0.717) is 0 Å². The van der Waals surface area contributed by atoms with Crippen molar-refractivity contribution in [3.8, 4) is 0 Å². The maximum atomic E-state index is 13.0. The first kappa shape index (κ1) is 15.7. The van der Waals surface area contributed by atoms with Crippen molar-refractivity contribution in [3.05, 3.63) is 39.9 Å². The van der Waals surface area contributed by atoms with Gasteiger partial charge >= 0.3 is 5.97 Å². The number of aromatic amines is 1. The molecule has 1 heterocycles. The SMILES string of the molecule is CC.CCOC(=O)c1nc2cc(F)c(F)cc2c(=O)[nH]1. The van der Waals surface area contributed by atoms with Gasteiger partial charge in [-0.15, -0.1) is 0 Å². The van der Waals surface area contributed by atoms with Crippen LogP contribution in [-0.4, -0.2) is 22.5 Å². The van der Waals surface area contributed by atoms with Gasteiger partial charge in [0.05, 0.1) is 17.5 Å². The molecular formula is C13H14F2N2O3. The van der Waals surface area contributed by atoms with Crippen LogP contribution in [0.15, 0.2) is 16.9 Å². The lowest BCUT2D eigenvalue weighted by atomic mass is 10.2. The van der Waals surface area contributed by atoms with Gasteiger partial charge in [-0.3, -0.25) is 4.79 Å². The molecule has 2 rings (SSSR count). The first-order valence-electron chi connectivity index (χ1n) is 6.09. The number of rotatable bonds is 2. The van der Waals surface area contributed by atoms with E-state index in [-0.39, 0.29) is 23.3 Å². The Kier molecular flexibility index (Phi) is 5.31.